The number of benzene rings is 2. The largest absolute Gasteiger partial charge is 0.497 e. The fourth-order valence-electron chi connectivity index (χ4n) is 4.32. The average molecular weight is 474 g/mol. The summed E-state index contributed by atoms with van der Waals surface area (Å²) in [7, 11) is 4.87. The van der Waals surface area contributed by atoms with Crippen molar-refractivity contribution in [3.8, 4) is 17.2 Å². The second kappa shape index (κ2) is 11.0. The highest BCUT2D eigenvalue weighted by atomic mass is 16.5. The number of methoxy groups -OCH3 is 3. The maximum atomic E-state index is 13.1. The minimum Gasteiger partial charge on any atom is -0.497 e. The molecule has 7 nitrogen and oxygen atoms in total. The summed E-state index contributed by atoms with van der Waals surface area (Å²) in [6, 6.07) is 17.7. The molecule has 0 aliphatic carbocycles. The van der Waals surface area contributed by atoms with E-state index in [4.69, 9.17) is 14.2 Å². The third-order valence-corrected chi connectivity index (χ3v) is 6.19. The molecule has 0 spiro atoms. The van der Waals surface area contributed by atoms with E-state index in [0.29, 0.717) is 30.9 Å². The van der Waals surface area contributed by atoms with Crippen LogP contribution in [0.3, 0.4) is 0 Å². The van der Waals surface area contributed by atoms with Gasteiger partial charge < -0.3 is 23.9 Å². The summed E-state index contributed by atoms with van der Waals surface area (Å²) in [4.78, 5) is 17.7. The Morgan fingerprint density at radius 1 is 1.00 bits per heavy atom. The Bertz CT molecular complexity index is 1310. The van der Waals surface area contributed by atoms with Crippen molar-refractivity contribution in [2.45, 2.75) is 25.7 Å². The fraction of sp³-hybridized carbons (Fsp3) is 0.286. The maximum absolute atomic E-state index is 13.1. The Hall–Kier alpha value is -4.00. The molecule has 0 radical (unpaired) electrons. The van der Waals surface area contributed by atoms with Gasteiger partial charge in [0, 0.05) is 31.3 Å². The molecule has 2 aromatic carbocycles. The lowest BCUT2D eigenvalue weighted by atomic mass is 9.92. The SMILES string of the molecule is COc1cccc(C(CC(=O)NCCc2ccc(OC)c(OC)c2)c2cnc3c(C)cccn23)c1. The second-order valence-electron chi connectivity index (χ2n) is 8.39. The summed E-state index contributed by atoms with van der Waals surface area (Å²) in [5, 5.41) is 3.08. The first kappa shape index (κ1) is 24.1. The Morgan fingerprint density at radius 3 is 2.60 bits per heavy atom. The number of carbonyl (C=O) groups excluding carboxylic acids is 1. The van der Waals surface area contributed by atoms with E-state index in [1.807, 2.05) is 73.9 Å². The van der Waals surface area contributed by atoms with Crippen molar-refractivity contribution in [1.29, 1.82) is 0 Å². The van der Waals surface area contributed by atoms with Crippen molar-refractivity contribution in [2.24, 2.45) is 0 Å². The molecule has 0 saturated heterocycles. The molecule has 0 bridgehead atoms. The van der Waals surface area contributed by atoms with Crippen molar-refractivity contribution in [3.63, 3.8) is 0 Å². The molecule has 0 fully saturated rings. The van der Waals surface area contributed by atoms with Gasteiger partial charge in [0.05, 0.1) is 27.0 Å². The monoisotopic (exact) mass is 473 g/mol. The molecule has 2 aromatic heterocycles. The summed E-state index contributed by atoms with van der Waals surface area (Å²) in [5.41, 5.74) is 5.01. The molecular weight excluding hydrogens is 442 g/mol. The first-order valence-electron chi connectivity index (χ1n) is 11.6. The Morgan fingerprint density at radius 2 is 1.83 bits per heavy atom. The summed E-state index contributed by atoms with van der Waals surface area (Å²) >= 11 is 0. The summed E-state index contributed by atoms with van der Waals surface area (Å²) in [6.45, 7) is 2.55. The van der Waals surface area contributed by atoms with Gasteiger partial charge >= 0.3 is 0 Å². The van der Waals surface area contributed by atoms with Gasteiger partial charge in [-0.05, 0) is 60.4 Å². The summed E-state index contributed by atoms with van der Waals surface area (Å²) in [5.74, 6) is 1.91. The molecule has 2 heterocycles. The van der Waals surface area contributed by atoms with Gasteiger partial charge in [0.1, 0.15) is 11.4 Å². The minimum atomic E-state index is -0.178. The summed E-state index contributed by atoms with van der Waals surface area (Å²) in [6.07, 6.45) is 4.84. The highest BCUT2D eigenvalue weighted by Gasteiger charge is 2.22. The molecule has 0 aliphatic heterocycles. The average Bonchev–Trinajstić information content (AvgIpc) is 3.32. The molecule has 4 rings (SSSR count). The first-order valence-corrected chi connectivity index (χ1v) is 11.6. The predicted octanol–water partition coefficient (Wildman–Crippen LogP) is 4.55. The number of ether oxygens (including phenoxy) is 3. The number of amides is 1. The smallest absolute Gasteiger partial charge is 0.221 e. The van der Waals surface area contributed by atoms with E-state index in [-0.39, 0.29) is 11.8 Å². The molecule has 1 N–H and O–H groups in total. The van der Waals surface area contributed by atoms with Crippen LogP contribution in [0.15, 0.2) is 67.0 Å². The van der Waals surface area contributed by atoms with E-state index >= 15 is 0 Å². The first-order chi connectivity index (χ1) is 17.0. The number of rotatable bonds is 10. The Labute approximate surface area is 205 Å². The number of nitrogens with one attached hydrogen (secondary N) is 1. The third kappa shape index (κ3) is 5.40. The molecule has 0 aliphatic rings. The lowest BCUT2D eigenvalue weighted by molar-refractivity contribution is -0.121. The van der Waals surface area contributed by atoms with E-state index in [1.165, 1.54) is 0 Å². The van der Waals surface area contributed by atoms with E-state index in [9.17, 15) is 4.79 Å². The quantitative estimate of drug-likeness (QED) is 0.366. The molecule has 7 heteroatoms. The third-order valence-electron chi connectivity index (χ3n) is 6.19. The van der Waals surface area contributed by atoms with Crippen molar-refractivity contribution < 1.29 is 19.0 Å². The minimum absolute atomic E-state index is 0.0269. The van der Waals surface area contributed by atoms with Crippen LogP contribution < -0.4 is 19.5 Å². The zero-order valence-corrected chi connectivity index (χ0v) is 20.6. The number of hydrogen-bond donors (Lipinski definition) is 1. The molecule has 182 valence electrons. The van der Waals surface area contributed by atoms with Crippen molar-refractivity contribution >= 4 is 11.6 Å². The number of imidazole rings is 1. The van der Waals surface area contributed by atoms with Crippen LogP contribution in [0.1, 0.15) is 34.7 Å². The number of hydrogen-bond acceptors (Lipinski definition) is 5. The van der Waals surface area contributed by atoms with E-state index in [1.54, 1.807) is 21.3 Å². The number of carbonyl (C=O) groups is 1. The van der Waals surface area contributed by atoms with Crippen LogP contribution in [-0.2, 0) is 11.2 Å². The topological polar surface area (TPSA) is 74.1 Å². The van der Waals surface area contributed by atoms with Crippen LogP contribution in [0.4, 0.5) is 0 Å². The van der Waals surface area contributed by atoms with Gasteiger partial charge in [0.25, 0.3) is 0 Å². The maximum Gasteiger partial charge on any atom is 0.221 e. The van der Waals surface area contributed by atoms with Crippen LogP contribution in [0.2, 0.25) is 0 Å². The van der Waals surface area contributed by atoms with Crippen molar-refractivity contribution in [2.75, 3.05) is 27.9 Å². The van der Waals surface area contributed by atoms with Gasteiger partial charge in [0.15, 0.2) is 11.5 Å². The number of aromatic nitrogens is 2. The van der Waals surface area contributed by atoms with Crippen LogP contribution in [0.25, 0.3) is 5.65 Å². The Kier molecular flexibility index (Phi) is 7.55. The van der Waals surface area contributed by atoms with Gasteiger partial charge in [-0.15, -0.1) is 0 Å². The normalized spacial score (nSPS) is 11.8. The molecule has 1 atom stereocenters. The van der Waals surface area contributed by atoms with Gasteiger partial charge in [0.2, 0.25) is 5.91 Å². The van der Waals surface area contributed by atoms with Crippen molar-refractivity contribution in [1.82, 2.24) is 14.7 Å². The highest BCUT2D eigenvalue weighted by molar-refractivity contribution is 5.77. The van der Waals surface area contributed by atoms with Crippen LogP contribution in [-0.4, -0.2) is 43.2 Å². The standard InChI is InChI=1S/C28H31N3O4/c1-19-7-6-14-31-24(18-30-28(19)31)23(21-8-5-9-22(16-21)33-2)17-27(32)29-13-12-20-10-11-25(34-3)26(15-20)35-4/h5-11,14-16,18,23H,12-13,17H2,1-4H3,(H,29,32). The van der Waals surface area contributed by atoms with Crippen LogP contribution >= 0.6 is 0 Å². The van der Waals surface area contributed by atoms with Gasteiger partial charge in [-0.1, -0.05) is 24.3 Å². The van der Waals surface area contributed by atoms with E-state index < -0.39 is 0 Å². The second-order valence-corrected chi connectivity index (χ2v) is 8.39. The van der Waals surface area contributed by atoms with Gasteiger partial charge in [-0.25, -0.2) is 4.98 Å². The molecule has 4 aromatic rings. The lowest BCUT2D eigenvalue weighted by Crippen LogP contribution is -2.27. The number of pyridine rings is 1. The van der Waals surface area contributed by atoms with Crippen molar-refractivity contribution in [3.05, 3.63) is 89.4 Å². The summed E-state index contributed by atoms with van der Waals surface area (Å²) < 4.78 is 18.2. The zero-order chi connectivity index (χ0) is 24.8. The molecule has 0 saturated carbocycles. The molecule has 1 unspecified atom stereocenters. The molecule has 1 amide bonds. The van der Waals surface area contributed by atoms with Gasteiger partial charge in [-0.3, -0.25) is 4.79 Å². The van der Waals surface area contributed by atoms with Crippen LogP contribution in [0.5, 0.6) is 17.2 Å². The van der Waals surface area contributed by atoms with E-state index in [2.05, 4.69) is 14.7 Å². The van der Waals surface area contributed by atoms with E-state index in [0.717, 1.165) is 33.8 Å². The van der Waals surface area contributed by atoms with Crippen LogP contribution in [0, 0.1) is 6.92 Å². The number of fused-ring (bicyclic) bond motifs is 1. The highest BCUT2D eigenvalue weighted by Crippen LogP contribution is 2.31. The molecule has 35 heavy (non-hydrogen) atoms. The zero-order valence-electron chi connectivity index (χ0n) is 20.6. The molecular formula is C28H31N3O4. The Balaban J connectivity index is 1.52. The predicted molar refractivity (Wildman–Crippen MR) is 136 cm³/mol. The van der Waals surface area contributed by atoms with Gasteiger partial charge in [-0.2, -0.15) is 0 Å². The fourth-order valence-corrected chi connectivity index (χ4v) is 4.32. The number of aryl methyl sites for hydroxylation is 1. The number of nitrogens with zero attached hydrogens (tertiary/aromatic N) is 2. The lowest BCUT2D eigenvalue weighted by Gasteiger charge is -2.18.